The van der Waals surface area contributed by atoms with E-state index in [9.17, 15) is 9.59 Å². The van der Waals surface area contributed by atoms with Crippen LogP contribution in [0.5, 0.6) is 0 Å². The molecular weight excluding hydrogens is 344 g/mol. The van der Waals surface area contributed by atoms with E-state index in [1.807, 2.05) is 0 Å². The Bertz CT molecular complexity index is 621. The molecule has 7 nitrogen and oxygen atoms in total. The lowest BCUT2D eigenvalue weighted by Crippen LogP contribution is -2.48. The van der Waals surface area contributed by atoms with Crippen LogP contribution in [0.1, 0.15) is 30.1 Å². The van der Waals surface area contributed by atoms with Crippen molar-refractivity contribution >= 4 is 17.5 Å². The molecule has 2 aliphatic rings. The number of nitrogens with one attached hydrogen (secondary N) is 2. The Kier molecular flexibility index (Phi) is 7.20. The lowest BCUT2D eigenvalue weighted by molar-refractivity contribution is -0.117. The molecule has 27 heavy (non-hydrogen) atoms. The van der Waals surface area contributed by atoms with Crippen LogP contribution in [-0.2, 0) is 9.53 Å². The molecule has 3 rings (SSSR count). The van der Waals surface area contributed by atoms with Crippen molar-refractivity contribution in [3.8, 4) is 0 Å². The van der Waals surface area contributed by atoms with Gasteiger partial charge in [-0.2, -0.15) is 0 Å². The summed E-state index contributed by atoms with van der Waals surface area (Å²) in [5.41, 5.74) is 1.30. The van der Waals surface area contributed by atoms with Crippen LogP contribution in [-0.4, -0.2) is 80.1 Å². The number of benzene rings is 1. The van der Waals surface area contributed by atoms with Crippen LogP contribution in [0.3, 0.4) is 0 Å². The Hall–Kier alpha value is -1.96. The van der Waals surface area contributed by atoms with Crippen LogP contribution in [0.4, 0.5) is 5.69 Å². The third-order valence-corrected chi connectivity index (χ3v) is 5.22. The molecule has 0 aromatic heterocycles. The van der Waals surface area contributed by atoms with Crippen molar-refractivity contribution < 1.29 is 14.3 Å². The van der Waals surface area contributed by atoms with Gasteiger partial charge >= 0.3 is 0 Å². The zero-order valence-electron chi connectivity index (χ0n) is 16.1. The lowest BCUT2D eigenvalue weighted by Gasteiger charge is -2.33. The van der Waals surface area contributed by atoms with E-state index in [4.69, 9.17) is 4.74 Å². The highest BCUT2D eigenvalue weighted by Crippen LogP contribution is 2.12. The number of amides is 2. The monoisotopic (exact) mass is 374 g/mol. The second-order valence-corrected chi connectivity index (χ2v) is 7.18. The topological polar surface area (TPSA) is 73.9 Å². The van der Waals surface area contributed by atoms with Gasteiger partial charge in [0, 0.05) is 50.6 Å². The minimum absolute atomic E-state index is 0.0180. The maximum Gasteiger partial charge on any atom is 0.251 e. The van der Waals surface area contributed by atoms with Crippen molar-refractivity contribution in [2.45, 2.75) is 25.9 Å². The first kappa shape index (κ1) is 19.8. The summed E-state index contributed by atoms with van der Waals surface area (Å²) in [5.74, 6) is -0.132. The summed E-state index contributed by atoms with van der Waals surface area (Å²) < 4.78 is 5.51. The minimum Gasteiger partial charge on any atom is -0.376 e. The number of anilines is 1. The van der Waals surface area contributed by atoms with Gasteiger partial charge in [0.05, 0.1) is 12.6 Å². The van der Waals surface area contributed by atoms with E-state index < -0.39 is 0 Å². The van der Waals surface area contributed by atoms with Crippen LogP contribution < -0.4 is 10.6 Å². The maximum absolute atomic E-state index is 12.2. The van der Waals surface area contributed by atoms with Crippen LogP contribution in [0, 0.1) is 0 Å². The summed E-state index contributed by atoms with van der Waals surface area (Å²) >= 11 is 0. The third kappa shape index (κ3) is 6.02. The fraction of sp³-hybridized carbons (Fsp3) is 0.600. The summed E-state index contributed by atoms with van der Waals surface area (Å²) in [6, 6.07) is 7.02. The zero-order valence-corrected chi connectivity index (χ0v) is 16.1. The van der Waals surface area contributed by atoms with Gasteiger partial charge in [-0.3, -0.25) is 14.5 Å². The van der Waals surface area contributed by atoms with Crippen molar-refractivity contribution in [3.05, 3.63) is 29.8 Å². The summed E-state index contributed by atoms with van der Waals surface area (Å²) in [6.07, 6.45) is 2.19. The molecule has 7 heteroatoms. The van der Waals surface area contributed by atoms with Crippen molar-refractivity contribution in [1.82, 2.24) is 15.1 Å². The van der Waals surface area contributed by atoms with Crippen LogP contribution in [0.2, 0.25) is 0 Å². The molecule has 1 atom stereocenters. The first-order chi connectivity index (χ1) is 13.1. The SMILES string of the molecule is CCN1CCN(CC(=O)Nc2ccc(C(=O)NC[C@H]3CCCO3)cc2)CC1. The highest BCUT2D eigenvalue weighted by atomic mass is 16.5. The van der Waals surface area contributed by atoms with Gasteiger partial charge in [-0.15, -0.1) is 0 Å². The van der Waals surface area contributed by atoms with Crippen LogP contribution in [0.25, 0.3) is 0 Å². The van der Waals surface area contributed by atoms with E-state index in [2.05, 4.69) is 27.4 Å². The first-order valence-electron chi connectivity index (χ1n) is 9.88. The molecular formula is C20H30N4O3. The molecule has 1 aromatic carbocycles. The molecule has 2 amide bonds. The van der Waals surface area contributed by atoms with Gasteiger partial charge in [-0.05, 0) is 43.7 Å². The standard InChI is InChI=1S/C20H30N4O3/c1-2-23-9-11-24(12-10-23)15-19(25)22-17-7-5-16(6-8-17)20(26)21-14-18-4-3-13-27-18/h5-8,18H,2-4,9-15H2,1H3,(H,21,26)(H,22,25)/t18-/m1/s1. The number of carbonyl (C=O) groups is 2. The Morgan fingerprint density at radius 1 is 1.11 bits per heavy atom. The lowest BCUT2D eigenvalue weighted by atomic mass is 10.2. The molecule has 0 bridgehead atoms. The number of nitrogens with zero attached hydrogens (tertiary/aromatic N) is 2. The molecule has 0 saturated carbocycles. The number of rotatable bonds is 7. The van der Waals surface area contributed by atoms with Gasteiger partial charge in [0.25, 0.3) is 5.91 Å². The van der Waals surface area contributed by atoms with Crippen molar-refractivity contribution in [3.63, 3.8) is 0 Å². The van der Waals surface area contributed by atoms with E-state index in [1.54, 1.807) is 24.3 Å². The highest BCUT2D eigenvalue weighted by Gasteiger charge is 2.18. The van der Waals surface area contributed by atoms with E-state index >= 15 is 0 Å². The third-order valence-electron chi connectivity index (χ3n) is 5.22. The number of hydrogen-bond donors (Lipinski definition) is 2. The molecule has 2 N–H and O–H groups in total. The van der Waals surface area contributed by atoms with Crippen LogP contribution in [0.15, 0.2) is 24.3 Å². The Morgan fingerprint density at radius 2 is 1.81 bits per heavy atom. The number of hydrogen-bond acceptors (Lipinski definition) is 5. The van der Waals surface area contributed by atoms with Gasteiger partial charge < -0.3 is 20.3 Å². The van der Waals surface area contributed by atoms with Crippen molar-refractivity contribution in [2.75, 3.05) is 57.7 Å². The van der Waals surface area contributed by atoms with E-state index in [0.717, 1.165) is 52.2 Å². The quantitative estimate of drug-likeness (QED) is 0.750. The Morgan fingerprint density at radius 3 is 2.44 bits per heavy atom. The summed E-state index contributed by atoms with van der Waals surface area (Å²) in [7, 11) is 0. The van der Waals surface area contributed by atoms with Gasteiger partial charge in [0.2, 0.25) is 5.91 Å². The zero-order chi connectivity index (χ0) is 19.1. The summed E-state index contributed by atoms with van der Waals surface area (Å²) in [4.78, 5) is 29.0. The molecule has 2 aliphatic heterocycles. The number of ether oxygens (including phenoxy) is 1. The number of carbonyl (C=O) groups excluding carboxylic acids is 2. The highest BCUT2D eigenvalue weighted by molar-refractivity contribution is 5.96. The first-order valence-corrected chi connectivity index (χ1v) is 9.88. The van der Waals surface area contributed by atoms with Crippen molar-refractivity contribution in [2.24, 2.45) is 0 Å². The molecule has 2 heterocycles. The average molecular weight is 374 g/mol. The largest absolute Gasteiger partial charge is 0.376 e. The van der Waals surface area contributed by atoms with E-state index in [-0.39, 0.29) is 17.9 Å². The molecule has 0 spiro atoms. The molecule has 0 unspecified atom stereocenters. The predicted octanol–water partition coefficient (Wildman–Crippen LogP) is 1.17. The predicted molar refractivity (Wildman–Crippen MR) is 105 cm³/mol. The molecule has 2 saturated heterocycles. The van der Waals surface area contributed by atoms with Gasteiger partial charge in [0.1, 0.15) is 0 Å². The smallest absolute Gasteiger partial charge is 0.251 e. The number of piperazine rings is 1. The molecule has 0 radical (unpaired) electrons. The second kappa shape index (κ2) is 9.82. The normalized spacial score (nSPS) is 21.1. The molecule has 0 aliphatic carbocycles. The summed E-state index contributed by atoms with van der Waals surface area (Å²) in [5, 5.41) is 5.81. The second-order valence-electron chi connectivity index (χ2n) is 7.18. The number of likely N-dealkylation sites (N-methyl/N-ethyl adjacent to an activating group) is 1. The molecule has 2 fully saturated rings. The van der Waals surface area contributed by atoms with Gasteiger partial charge in [-0.25, -0.2) is 0 Å². The fourth-order valence-corrected chi connectivity index (χ4v) is 3.49. The Labute approximate surface area is 161 Å². The molecule has 148 valence electrons. The molecule has 1 aromatic rings. The van der Waals surface area contributed by atoms with E-state index in [1.165, 1.54) is 0 Å². The minimum atomic E-state index is -0.114. The van der Waals surface area contributed by atoms with Crippen molar-refractivity contribution in [1.29, 1.82) is 0 Å². The van der Waals surface area contributed by atoms with E-state index in [0.29, 0.717) is 24.3 Å². The fourth-order valence-electron chi connectivity index (χ4n) is 3.49. The Balaban J connectivity index is 1.41. The summed E-state index contributed by atoms with van der Waals surface area (Å²) in [6.45, 7) is 8.82. The average Bonchev–Trinajstić information content (AvgIpc) is 3.21. The van der Waals surface area contributed by atoms with Gasteiger partial charge in [0.15, 0.2) is 0 Å². The maximum atomic E-state index is 12.2. The van der Waals surface area contributed by atoms with Gasteiger partial charge in [-0.1, -0.05) is 6.92 Å². The van der Waals surface area contributed by atoms with Crippen LogP contribution >= 0.6 is 0 Å².